The highest BCUT2D eigenvalue weighted by molar-refractivity contribution is 6.02. The van der Waals surface area contributed by atoms with E-state index in [0.29, 0.717) is 18.4 Å². The summed E-state index contributed by atoms with van der Waals surface area (Å²) in [6, 6.07) is 9.73. The molecule has 164 valence electrons. The molecular weight excluding hydrogens is 406 g/mol. The standard InChI is InChI=1S/C23H25N7O2/c1-26-15-23(7-9-29(10-8-23)13-17-4-2-3-16(11-17)12-24)30-14-19(20(25)31)21(28-30)27-22(32)18-5-6-18/h2-4,11,14,18H,5-10,13,15H2,(H2,25,31)(H,27,28,32). The molecule has 0 radical (unpaired) electrons. The molecule has 1 aromatic carbocycles. The van der Waals surface area contributed by atoms with Gasteiger partial charge in [0.05, 0.1) is 11.6 Å². The summed E-state index contributed by atoms with van der Waals surface area (Å²) in [5.41, 5.74) is 6.84. The number of likely N-dealkylation sites (tertiary alicyclic amines) is 1. The van der Waals surface area contributed by atoms with Crippen LogP contribution >= 0.6 is 0 Å². The first-order valence-electron chi connectivity index (χ1n) is 10.7. The maximum atomic E-state index is 12.2. The molecule has 1 aliphatic heterocycles. The van der Waals surface area contributed by atoms with Gasteiger partial charge < -0.3 is 15.9 Å². The van der Waals surface area contributed by atoms with Gasteiger partial charge in [0.25, 0.3) is 5.91 Å². The van der Waals surface area contributed by atoms with Crippen LogP contribution in [0.15, 0.2) is 30.5 Å². The van der Waals surface area contributed by atoms with Gasteiger partial charge in [0.2, 0.25) is 12.5 Å². The molecule has 0 bridgehead atoms. The Morgan fingerprint density at radius 1 is 1.34 bits per heavy atom. The normalized spacial score (nSPS) is 17.8. The third kappa shape index (κ3) is 4.48. The first kappa shape index (κ1) is 21.5. The maximum Gasteiger partial charge on any atom is 0.254 e. The molecule has 32 heavy (non-hydrogen) atoms. The Balaban J connectivity index is 1.52. The van der Waals surface area contributed by atoms with Crippen LogP contribution in [0.1, 0.15) is 47.2 Å². The predicted molar refractivity (Wildman–Crippen MR) is 117 cm³/mol. The Bertz CT molecular complexity index is 1110. The second kappa shape index (κ2) is 8.81. The van der Waals surface area contributed by atoms with Crippen molar-refractivity contribution in [3.63, 3.8) is 0 Å². The summed E-state index contributed by atoms with van der Waals surface area (Å²) in [5.74, 6) is -0.656. The number of carbonyl (C=O) groups excluding carboxylic acids is 2. The van der Waals surface area contributed by atoms with Gasteiger partial charge in [0, 0.05) is 31.7 Å². The van der Waals surface area contributed by atoms with Crippen molar-refractivity contribution in [2.75, 3.05) is 25.0 Å². The highest BCUT2D eigenvalue weighted by Crippen LogP contribution is 2.34. The van der Waals surface area contributed by atoms with Gasteiger partial charge in [0.15, 0.2) is 5.82 Å². The van der Waals surface area contributed by atoms with E-state index in [-0.39, 0.29) is 29.8 Å². The average Bonchev–Trinajstić information content (AvgIpc) is 3.55. The van der Waals surface area contributed by atoms with Gasteiger partial charge in [-0.15, -0.1) is 0 Å². The third-order valence-electron chi connectivity index (χ3n) is 6.28. The molecular formula is C23H25N7O2. The molecule has 2 aliphatic rings. The fourth-order valence-electron chi connectivity index (χ4n) is 4.19. The number of nitriles is 1. The fraction of sp³-hybridized carbons (Fsp3) is 0.435. The molecule has 2 heterocycles. The molecule has 1 saturated carbocycles. The Hall–Kier alpha value is -3.69. The quantitative estimate of drug-likeness (QED) is 0.651. The number of piperidine rings is 1. The van der Waals surface area contributed by atoms with E-state index in [9.17, 15) is 9.59 Å². The number of hydrogen-bond acceptors (Lipinski definition) is 5. The number of nitrogens with one attached hydrogen (secondary N) is 1. The lowest BCUT2D eigenvalue weighted by Crippen LogP contribution is -2.48. The lowest BCUT2D eigenvalue weighted by atomic mass is 9.87. The number of aromatic nitrogens is 2. The number of anilines is 1. The van der Waals surface area contributed by atoms with E-state index in [1.807, 2.05) is 18.2 Å². The average molecular weight is 432 g/mol. The van der Waals surface area contributed by atoms with Crippen LogP contribution < -0.4 is 11.1 Å². The highest BCUT2D eigenvalue weighted by atomic mass is 16.2. The molecule has 9 nitrogen and oxygen atoms in total. The van der Waals surface area contributed by atoms with E-state index in [4.69, 9.17) is 17.6 Å². The molecule has 1 saturated heterocycles. The number of nitrogens with zero attached hydrogens (tertiary/aromatic N) is 5. The number of nitrogens with two attached hydrogens (primary N) is 1. The van der Waals surface area contributed by atoms with Gasteiger partial charge in [-0.2, -0.15) is 10.4 Å². The van der Waals surface area contributed by atoms with Crippen LogP contribution in [0, 0.1) is 23.8 Å². The topological polar surface area (TPSA) is 121 Å². The number of amides is 2. The van der Waals surface area contributed by atoms with Crippen molar-refractivity contribution in [3.05, 3.63) is 58.6 Å². The minimum absolute atomic E-state index is 0.0270. The van der Waals surface area contributed by atoms with Crippen LogP contribution in [0.4, 0.5) is 5.82 Å². The van der Waals surface area contributed by atoms with Gasteiger partial charge in [-0.3, -0.25) is 19.2 Å². The lowest BCUT2D eigenvalue weighted by Gasteiger charge is -2.38. The predicted octanol–water partition coefficient (Wildman–Crippen LogP) is 2.11. The molecule has 1 aliphatic carbocycles. The minimum atomic E-state index is -0.657. The summed E-state index contributed by atoms with van der Waals surface area (Å²) in [6.07, 6.45) is 4.59. The van der Waals surface area contributed by atoms with Gasteiger partial charge in [0.1, 0.15) is 11.1 Å². The summed E-state index contributed by atoms with van der Waals surface area (Å²) >= 11 is 0. The summed E-state index contributed by atoms with van der Waals surface area (Å²) in [4.78, 5) is 30.1. The van der Waals surface area contributed by atoms with Gasteiger partial charge in [-0.25, -0.2) is 6.57 Å². The van der Waals surface area contributed by atoms with Crippen molar-refractivity contribution in [1.82, 2.24) is 14.7 Å². The smallest absolute Gasteiger partial charge is 0.254 e. The summed E-state index contributed by atoms with van der Waals surface area (Å²) in [5, 5.41) is 16.4. The number of hydrogen-bond donors (Lipinski definition) is 2. The Kier molecular flexibility index (Phi) is 5.93. The number of primary amides is 1. The number of rotatable bonds is 7. The zero-order valence-electron chi connectivity index (χ0n) is 17.8. The minimum Gasteiger partial charge on any atom is -0.365 e. The van der Waals surface area contributed by atoms with Crippen molar-refractivity contribution in [2.24, 2.45) is 11.7 Å². The first-order chi connectivity index (χ1) is 15.4. The second-order valence-electron chi connectivity index (χ2n) is 8.59. The molecule has 2 fully saturated rings. The number of carbonyl (C=O) groups is 2. The number of benzene rings is 1. The largest absolute Gasteiger partial charge is 0.365 e. The molecule has 0 spiro atoms. The van der Waals surface area contributed by atoms with Crippen molar-refractivity contribution >= 4 is 17.6 Å². The van der Waals surface area contributed by atoms with Crippen molar-refractivity contribution in [3.8, 4) is 6.07 Å². The van der Waals surface area contributed by atoms with Crippen molar-refractivity contribution < 1.29 is 9.59 Å². The zero-order chi connectivity index (χ0) is 22.7. The molecule has 1 aromatic heterocycles. The molecule has 2 aromatic rings. The lowest BCUT2D eigenvalue weighted by molar-refractivity contribution is -0.117. The Morgan fingerprint density at radius 2 is 2.09 bits per heavy atom. The maximum absolute atomic E-state index is 12.2. The SMILES string of the molecule is [C-]#[N+]CC1(n2cc(C(N)=O)c(NC(=O)C3CC3)n2)CCN(Cc2cccc(C#N)c2)CC1. The van der Waals surface area contributed by atoms with Crippen LogP contribution in [0.2, 0.25) is 0 Å². The van der Waals surface area contributed by atoms with Crippen molar-refractivity contribution in [1.29, 1.82) is 5.26 Å². The third-order valence-corrected chi connectivity index (χ3v) is 6.28. The highest BCUT2D eigenvalue weighted by Gasteiger charge is 2.41. The molecule has 2 amide bonds. The van der Waals surface area contributed by atoms with E-state index in [2.05, 4.69) is 26.2 Å². The molecule has 0 atom stereocenters. The molecule has 4 rings (SSSR count). The van der Waals surface area contributed by atoms with E-state index >= 15 is 0 Å². The molecule has 3 N–H and O–H groups in total. The van der Waals surface area contributed by atoms with E-state index in [0.717, 1.165) is 38.0 Å². The van der Waals surface area contributed by atoms with Gasteiger partial charge >= 0.3 is 0 Å². The van der Waals surface area contributed by atoms with Gasteiger partial charge in [-0.05, 0) is 43.4 Å². The van der Waals surface area contributed by atoms with E-state index < -0.39 is 11.4 Å². The molecule has 9 heteroatoms. The van der Waals surface area contributed by atoms with Crippen LogP contribution in [-0.2, 0) is 16.9 Å². The summed E-state index contributed by atoms with van der Waals surface area (Å²) in [7, 11) is 0. The zero-order valence-corrected chi connectivity index (χ0v) is 17.8. The fourth-order valence-corrected chi connectivity index (χ4v) is 4.19. The van der Waals surface area contributed by atoms with Gasteiger partial charge in [-0.1, -0.05) is 12.1 Å². The summed E-state index contributed by atoms with van der Waals surface area (Å²) in [6.45, 7) is 9.91. The first-order valence-corrected chi connectivity index (χ1v) is 10.7. The van der Waals surface area contributed by atoms with Crippen LogP contribution in [0.3, 0.4) is 0 Å². The molecule has 0 unspecified atom stereocenters. The van der Waals surface area contributed by atoms with E-state index in [1.165, 1.54) is 0 Å². The van der Waals surface area contributed by atoms with Crippen LogP contribution in [-0.4, -0.2) is 46.1 Å². The summed E-state index contributed by atoms with van der Waals surface area (Å²) < 4.78 is 1.67. The van der Waals surface area contributed by atoms with Crippen LogP contribution in [0.25, 0.3) is 4.85 Å². The Morgan fingerprint density at radius 3 is 2.72 bits per heavy atom. The van der Waals surface area contributed by atoms with Crippen LogP contribution in [0.5, 0.6) is 0 Å². The Labute approximate surface area is 186 Å². The second-order valence-corrected chi connectivity index (χ2v) is 8.59. The van der Waals surface area contributed by atoms with E-state index in [1.54, 1.807) is 16.9 Å². The van der Waals surface area contributed by atoms with Crippen molar-refractivity contribution in [2.45, 2.75) is 37.8 Å². The monoisotopic (exact) mass is 431 g/mol.